The third-order valence-electron chi connectivity index (χ3n) is 7.19. The predicted octanol–water partition coefficient (Wildman–Crippen LogP) is 3.20. The van der Waals surface area contributed by atoms with E-state index in [0.717, 1.165) is 6.26 Å². The van der Waals surface area contributed by atoms with Crippen molar-refractivity contribution in [3.05, 3.63) is 47.8 Å². The highest BCUT2D eigenvalue weighted by Crippen LogP contribution is 2.36. The molecule has 2 N–H and O–H groups in total. The van der Waals surface area contributed by atoms with Crippen LogP contribution in [0.5, 0.6) is 0 Å². The van der Waals surface area contributed by atoms with Gasteiger partial charge in [-0.2, -0.15) is 13.2 Å². The number of hydrogen-bond donors (Lipinski definition) is 2. The summed E-state index contributed by atoms with van der Waals surface area (Å²) in [4.78, 5) is 14.1. The second-order valence-electron chi connectivity index (χ2n) is 10.1. The van der Waals surface area contributed by atoms with Gasteiger partial charge in [0.25, 0.3) is 0 Å². The van der Waals surface area contributed by atoms with Gasteiger partial charge in [0.1, 0.15) is 28.6 Å². The van der Waals surface area contributed by atoms with Gasteiger partial charge >= 0.3 is 6.18 Å². The van der Waals surface area contributed by atoms with Crippen molar-refractivity contribution in [2.75, 3.05) is 42.7 Å². The zero-order chi connectivity index (χ0) is 28.8. The second kappa shape index (κ2) is 10.6. The number of nitrogens with zero attached hydrogens (tertiary/aromatic N) is 6. The van der Waals surface area contributed by atoms with E-state index >= 15 is 4.39 Å². The molecule has 0 bridgehead atoms. The van der Waals surface area contributed by atoms with E-state index in [9.17, 15) is 26.7 Å². The average molecular weight is 584 g/mol. The Morgan fingerprint density at radius 3 is 2.42 bits per heavy atom. The van der Waals surface area contributed by atoms with Crippen LogP contribution in [0.4, 0.5) is 29.2 Å². The number of β-amino-alcohol motifs (C(OH)–C–C–N with tert-alkyl or cyclic N) is 1. The molecule has 1 aromatic carbocycles. The summed E-state index contributed by atoms with van der Waals surface area (Å²) < 4.78 is 83.1. The third-order valence-corrected chi connectivity index (χ3v) is 8.50. The van der Waals surface area contributed by atoms with Crippen molar-refractivity contribution >= 4 is 21.7 Å². The van der Waals surface area contributed by atoms with Crippen LogP contribution in [-0.2, 0) is 16.2 Å². The summed E-state index contributed by atoms with van der Waals surface area (Å²) in [5.74, 6) is -0.378. The van der Waals surface area contributed by atoms with E-state index in [0.29, 0.717) is 44.2 Å². The Balaban J connectivity index is 1.43. The number of alkyl halides is 3. The number of nitrogens with one attached hydrogen (secondary N) is 1. The fraction of sp³-hybridized carbons (Fsp3) is 0.480. The molecule has 0 radical (unpaired) electrons. The summed E-state index contributed by atoms with van der Waals surface area (Å²) in [7, 11) is -3.32. The maximum absolute atomic E-state index is 15.2. The van der Waals surface area contributed by atoms with Gasteiger partial charge in [-0.1, -0.05) is 0 Å². The monoisotopic (exact) mass is 583 g/mol. The van der Waals surface area contributed by atoms with Gasteiger partial charge in [-0.15, -0.1) is 0 Å². The number of anilines is 2. The quantitative estimate of drug-likeness (QED) is 0.425. The van der Waals surface area contributed by atoms with E-state index in [-0.39, 0.29) is 42.3 Å². The maximum atomic E-state index is 15.2. The zero-order valence-corrected chi connectivity index (χ0v) is 22.7. The van der Waals surface area contributed by atoms with Crippen LogP contribution in [0.25, 0.3) is 17.1 Å². The summed E-state index contributed by atoms with van der Waals surface area (Å²) in [5, 5.41) is 12.8. The molecule has 15 heteroatoms. The van der Waals surface area contributed by atoms with Gasteiger partial charge in [-0.25, -0.2) is 32.1 Å². The van der Waals surface area contributed by atoms with E-state index in [2.05, 4.69) is 20.3 Å². The Labute approximate surface area is 228 Å². The second-order valence-corrected chi connectivity index (χ2v) is 12.1. The maximum Gasteiger partial charge on any atom is 0.420 e. The van der Waals surface area contributed by atoms with Crippen molar-refractivity contribution in [3.63, 3.8) is 0 Å². The number of aliphatic hydroxyl groups is 1. The number of aromatic nitrogens is 4. The minimum Gasteiger partial charge on any atom is -0.391 e. The number of imidazole rings is 1. The van der Waals surface area contributed by atoms with Crippen LogP contribution in [0.15, 0.2) is 30.6 Å². The highest BCUT2D eigenvalue weighted by atomic mass is 32.2. The zero-order valence-electron chi connectivity index (χ0n) is 21.9. The number of rotatable bonds is 6. The van der Waals surface area contributed by atoms with Gasteiger partial charge in [0.2, 0.25) is 16.0 Å². The van der Waals surface area contributed by atoms with Crippen LogP contribution in [0.1, 0.15) is 30.7 Å². The molecule has 0 spiro atoms. The summed E-state index contributed by atoms with van der Waals surface area (Å²) in [5.41, 5.74) is -0.933. The number of aliphatic hydroxyl groups excluding tert-OH is 1. The van der Waals surface area contributed by atoms with Crippen molar-refractivity contribution in [1.82, 2.24) is 23.8 Å². The number of aryl methyl sites for hydroxylation is 1. The topological polar surface area (TPSA) is 116 Å². The first-order valence-corrected chi connectivity index (χ1v) is 14.6. The number of benzene rings is 1. The highest BCUT2D eigenvalue weighted by Gasteiger charge is 2.37. The third kappa shape index (κ3) is 5.90. The van der Waals surface area contributed by atoms with E-state index in [4.69, 9.17) is 0 Å². The van der Waals surface area contributed by atoms with Crippen molar-refractivity contribution in [2.24, 2.45) is 0 Å². The summed E-state index contributed by atoms with van der Waals surface area (Å²) >= 11 is 0. The molecule has 40 heavy (non-hydrogen) atoms. The minimum absolute atomic E-state index is 0.0451. The van der Waals surface area contributed by atoms with Crippen molar-refractivity contribution < 1.29 is 31.1 Å². The average Bonchev–Trinajstić information content (AvgIpc) is 3.48. The van der Waals surface area contributed by atoms with E-state index in [1.807, 2.05) is 4.90 Å². The molecule has 2 aromatic heterocycles. The minimum atomic E-state index is -4.76. The molecule has 2 aliphatic rings. The largest absolute Gasteiger partial charge is 0.420 e. The Kier molecular flexibility index (Phi) is 7.48. The van der Waals surface area contributed by atoms with Gasteiger partial charge in [0.15, 0.2) is 0 Å². The lowest BCUT2D eigenvalue weighted by Crippen LogP contribution is -2.42. The molecular weight excluding hydrogens is 554 g/mol. The smallest absolute Gasteiger partial charge is 0.391 e. The van der Waals surface area contributed by atoms with Crippen LogP contribution in [-0.4, -0.2) is 81.9 Å². The molecule has 2 saturated heterocycles. The van der Waals surface area contributed by atoms with Crippen LogP contribution in [0.3, 0.4) is 0 Å². The highest BCUT2D eigenvalue weighted by molar-refractivity contribution is 7.88. The standard InChI is InChI=1S/C25H29F4N7O3S/c1-15-31-21(14-36(15)22-4-3-17(11-20(22)26)34-8-7-18(37)13-34)23-19(25(27,28)29)12-30-24(33-23)32-16-5-9-35(10-6-16)40(2,38)39/h3-4,11-12,14,16,18,37H,5-10,13H2,1-2H3,(H,30,32,33). The lowest BCUT2D eigenvalue weighted by atomic mass is 10.1. The van der Waals surface area contributed by atoms with Crippen LogP contribution < -0.4 is 10.2 Å². The van der Waals surface area contributed by atoms with E-state index < -0.39 is 39.4 Å². The van der Waals surface area contributed by atoms with Gasteiger partial charge in [0.05, 0.1) is 18.0 Å². The van der Waals surface area contributed by atoms with E-state index in [1.54, 1.807) is 13.0 Å². The molecule has 4 heterocycles. The molecule has 1 unspecified atom stereocenters. The molecule has 10 nitrogen and oxygen atoms in total. The molecule has 3 aromatic rings. The first kappa shape index (κ1) is 28.2. The van der Waals surface area contributed by atoms with Crippen molar-refractivity contribution in [1.29, 1.82) is 0 Å². The fourth-order valence-electron chi connectivity index (χ4n) is 5.06. The number of piperidine rings is 1. The van der Waals surface area contributed by atoms with Gasteiger partial charge < -0.3 is 19.9 Å². The molecule has 1 atom stereocenters. The van der Waals surface area contributed by atoms with Crippen LogP contribution in [0, 0.1) is 12.7 Å². The Bertz CT molecular complexity index is 1500. The van der Waals surface area contributed by atoms with Crippen LogP contribution in [0.2, 0.25) is 0 Å². The fourth-order valence-corrected chi connectivity index (χ4v) is 5.94. The van der Waals surface area contributed by atoms with Crippen molar-refractivity contribution in [3.8, 4) is 17.1 Å². The molecule has 0 amide bonds. The Morgan fingerprint density at radius 2 is 1.82 bits per heavy atom. The summed E-state index contributed by atoms with van der Waals surface area (Å²) in [6, 6.07) is 4.31. The molecule has 2 fully saturated rings. The molecule has 0 aliphatic carbocycles. The SMILES string of the molecule is Cc1nc(-c2nc(NC3CCN(S(C)(=O)=O)CC3)ncc2C(F)(F)F)cn1-c1ccc(N2CCC(O)C2)cc1F. The first-order valence-electron chi connectivity index (χ1n) is 12.7. The van der Waals surface area contributed by atoms with Gasteiger partial charge in [0, 0.05) is 50.3 Å². The predicted molar refractivity (Wildman–Crippen MR) is 140 cm³/mol. The molecule has 5 rings (SSSR count). The Morgan fingerprint density at radius 1 is 1.10 bits per heavy atom. The molecule has 2 aliphatic heterocycles. The lowest BCUT2D eigenvalue weighted by molar-refractivity contribution is -0.137. The number of sulfonamides is 1. The van der Waals surface area contributed by atoms with E-state index in [1.165, 1.54) is 27.2 Å². The summed E-state index contributed by atoms with van der Waals surface area (Å²) in [6.07, 6.45) is -0.658. The summed E-state index contributed by atoms with van der Waals surface area (Å²) in [6.45, 7) is 3.09. The normalized spacial score (nSPS) is 19.4. The van der Waals surface area contributed by atoms with Gasteiger partial charge in [-0.05, 0) is 44.4 Å². The number of halogens is 4. The van der Waals surface area contributed by atoms with Crippen molar-refractivity contribution in [2.45, 2.75) is 44.5 Å². The lowest BCUT2D eigenvalue weighted by Gasteiger charge is -2.30. The number of hydrogen-bond acceptors (Lipinski definition) is 8. The van der Waals surface area contributed by atoms with Gasteiger partial charge in [-0.3, -0.25) is 0 Å². The molecular formula is C25H29F4N7O3S. The Hall–Kier alpha value is -3.30. The van der Waals surface area contributed by atoms with Crippen LogP contribution >= 0.6 is 0 Å². The first-order chi connectivity index (χ1) is 18.8. The molecule has 216 valence electrons. The molecule has 0 saturated carbocycles.